The summed E-state index contributed by atoms with van der Waals surface area (Å²) in [6.45, 7) is 0.142. The standard InChI is InChI=1S/C25H18ClNO3/c26-15-11-9-14(10-12-15)13-30-27-24(28)22-20-16-5-1-2-6-17(16)21(23(22)25(27)29)19-8-4-3-7-18(19)20/h1-12,20-23H,13H2. The molecule has 0 spiro atoms. The Balaban J connectivity index is 1.39. The van der Waals surface area contributed by atoms with Crippen molar-refractivity contribution >= 4 is 23.4 Å². The Hall–Kier alpha value is -2.95. The van der Waals surface area contributed by atoms with Gasteiger partial charge in [0, 0.05) is 16.9 Å². The third-order valence-corrected chi connectivity index (χ3v) is 6.93. The van der Waals surface area contributed by atoms with E-state index in [4.69, 9.17) is 16.4 Å². The molecule has 1 heterocycles. The van der Waals surface area contributed by atoms with Gasteiger partial charge in [-0.15, -0.1) is 0 Å². The predicted molar refractivity (Wildman–Crippen MR) is 112 cm³/mol. The van der Waals surface area contributed by atoms with Crippen molar-refractivity contribution in [2.75, 3.05) is 0 Å². The van der Waals surface area contributed by atoms with Crippen LogP contribution in [0.5, 0.6) is 0 Å². The molecule has 2 bridgehead atoms. The van der Waals surface area contributed by atoms with Crippen LogP contribution in [0.3, 0.4) is 0 Å². The van der Waals surface area contributed by atoms with E-state index < -0.39 is 11.8 Å². The van der Waals surface area contributed by atoms with E-state index in [9.17, 15) is 9.59 Å². The van der Waals surface area contributed by atoms with Crippen molar-refractivity contribution in [1.82, 2.24) is 5.06 Å². The number of benzene rings is 3. The fraction of sp³-hybridized carbons (Fsp3) is 0.200. The highest BCUT2D eigenvalue weighted by Gasteiger charge is 2.62. The van der Waals surface area contributed by atoms with Crippen LogP contribution in [0.2, 0.25) is 5.02 Å². The summed E-state index contributed by atoms with van der Waals surface area (Å²) in [5.74, 6) is -1.55. The van der Waals surface area contributed by atoms with Gasteiger partial charge in [-0.3, -0.25) is 14.4 Å². The molecule has 4 nitrogen and oxygen atoms in total. The molecule has 2 amide bonds. The van der Waals surface area contributed by atoms with Gasteiger partial charge in [0.1, 0.15) is 6.61 Å². The highest BCUT2D eigenvalue weighted by molar-refractivity contribution is 6.30. The zero-order valence-corrected chi connectivity index (χ0v) is 16.8. The molecule has 3 aromatic carbocycles. The van der Waals surface area contributed by atoms with E-state index in [0.717, 1.165) is 32.9 Å². The maximum atomic E-state index is 13.4. The third-order valence-electron chi connectivity index (χ3n) is 6.68. The van der Waals surface area contributed by atoms with Gasteiger partial charge < -0.3 is 0 Å². The predicted octanol–water partition coefficient (Wildman–Crippen LogP) is 4.66. The molecule has 7 rings (SSSR count). The van der Waals surface area contributed by atoms with E-state index in [1.807, 2.05) is 36.4 Å². The van der Waals surface area contributed by atoms with Crippen LogP contribution >= 0.6 is 11.6 Å². The smallest absolute Gasteiger partial charge is 0.258 e. The van der Waals surface area contributed by atoms with Gasteiger partial charge in [-0.25, -0.2) is 0 Å². The minimum atomic E-state index is -0.419. The number of imide groups is 1. The lowest BCUT2D eigenvalue weighted by atomic mass is 9.55. The first-order valence-electron chi connectivity index (χ1n) is 10.1. The van der Waals surface area contributed by atoms with E-state index in [0.29, 0.717) is 5.02 Å². The Morgan fingerprint density at radius 2 is 1.13 bits per heavy atom. The lowest BCUT2D eigenvalue weighted by Gasteiger charge is -2.45. The Bertz CT molecular complexity index is 1070. The molecule has 5 heteroatoms. The third kappa shape index (κ3) is 2.38. The first-order chi connectivity index (χ1) is 14.6. The summed E-state index contributed by atoms with van der Waals surface area (Å²) in [4.78, 5) is 32.5. The fourth-order valence-electron chi connectivity index (χ4n) is 5.50. The van der Waals surface area contributed by atoms with Crippen LogP contribution in [-0.2, 0) is 21.0 Å². The van der Waals surface area contributed by atoms with Gasteiger partial charge in [-0.1, -0.05) is 72.3 Å². The minimum absolute atomic E-state index is 0.118. The summed E-state index contributed by atoms with van der Waals surface area (Å²) in [6, 6.07) is 23.6. The van der Waals surface area contributed by atoms with E-state index >= 15 is 0 Å². The van der Waals surface area contributed by atoms with Gasteiger partial charge >= 0.3 is 0 Å². The molecule has 1 saturated heterocycles. The molecule has 0 N–H and O–H groups in total. The Morgan fingerprint density at radius 1 is 0.700 bits per heavy atom. The summed E-state index contributed by atoms with van der Waals surface area (Å²) >= 11 is 5.94. The van der Waals surface area contributed by atoms with Crippen molar-refractivity contribution in [1.29, 1.82) is 0 Å². The highest BCUT2D eigenvalue weighted by Crippen LogP contribution is 2.60. The largest absolute Gasteiger partial charge is 0.272 e. The number of hydroxylamine groups is 2. The number of nitrogens with zero attached hydrogens (tertiary/aromatic N) is 1. The second kappa shape index (κ2) is 6.53. The molecule has 30 heavy (non-hydrogen) atoms. The zero-order valence-electron chi connectivity index (χ0n) is 16.0. The van der Waals surface area contributed by atoms with E-state index in [1.165, 1.54) is 0 Å². The first-order valence-corrected chi connectivity index (χ1v) is 10.5. The van der Waals surface area contributed by atoms with Crippen molar-refractivity contribution in [3.05, 3.63) is 106 Å². The second-order valence-electron chi connectivity index (χ2n) is 8.14. The Kier molecular flexibility index (Phi) is 3.89. The number of amides is 2. The average Bonchev–Trinajstić information content (AvgIpc) is 3.04. The molecule has 2 atom stereocenters. The molecule has 4 aliphatic rings. The molecule has 2 unspecified atom stereocenters. The molecule has 3 aliphatic carbocycles. The normalized spacial score (nSPS) is 25.8. The van der Waals surface area contributed by atoms with Crippen molar-refractivity contribution < 1.29 is 14.4 Å². The van der Waals surface area contributed by atoms with Crippen LogP contribution in [0.15, 0.2) is 72.8 Å². The van der Waals surface area contributed by atoms with Gasteiger partial charge in [0.15, 0.2) is 0 Å². The molecule has 3 aromatic rings. The van der Waals surface area contributed by atoms with Crippen LogP contribution in [0.4, 0.5) is 0 Å². The van der Waals surface area contributed by atoms with Gasteiger partial charge in [-0.05, 0) is 39.9 Å². The van der Waals surface area contributed by atoms with Gasteiger partial charge in [0.25, 0.3) is 11.8 Å². The minimum Gasteiger partial charge on any atom is -0.272 e. The van der Waals surface area contributed by atoms with E-state index in [1.54, 1.807) is 12.1 Å². The van der Waals surface area contributed by atoms with E-state index in [-0.39, 0.29) is 30.3 Å². The Morgan fingerprint density at radius 3 is 1.57 bits per heavy atom. The van der Waals surface area contributed by atoms with E-state index in [2.05, 4.69) is 24.3 Å². The maximum absolute atomic E-state index is 13.4. The number of carbonyl (C=O) groups is 2. The highest BCUT2D eigenvalue weighted by atomic mass is 35.5. The second-order valence-corrected chi connectivity index (χ2v) is 8.57. The molecule has 0 radical (unpaired) electrons. The number of halogens is 1. The molecule has 1 aliphatic heterocycles. The monoisotopic (exact) mass is 415 g/mol. The molecule has 148 valence electrons. The summed E-state index contributed by atoms with van der Waals surface area (Å²) in [5, 5.41) is 1.65. The van der Waals surface area contributed by atoms with Crippen molar-refractivity contribution in [3.63, 3.8) is 0 Å². The number of carbonyl (C=O) groups excluding carboxylic acids is 2. The zero-order chi connectivity index (χ0) is 20.4. The van der Waals surface area contributed by atoms with Gasteiger partial charge in [0.2, 0.25) is 0 Å². The topological polar surface area (TPSA) is 46.6 Å². The van der Waals surface area contributed by atoms with Crippen molar-refractivity contribution in [2.24, 2.45) is 11.8 Å². The fourth-order valence-corrected chi connectivity index (χ4v) is 5.62. The number of rotatable bonds is 3. The van der Waals surface area contributed by atoms with Crippen molar-refractivity contribution in [2.45, 2.75) is 18.4 Å². The van der Waals surface area contributed by atoms with Crippen LogP contribution in [0, 0.1) is 11.8 Å². The molecule has 0 saturated carbocycles. The van der Waals surface area contributed by atoms with Crippen LogP contribution in [0.1, 0.15) is 39.7 Å². The first kappa shape index (κ1) is 17.9. The maximum Gasteiger partial charge on any atom is 0.258 e. The van der Waals surface area contributed by atoms with Crippen LogP contribution in [0.25, 0.3) is 0 Å². The molecule has 1 fully saturated rings. The summed E-state index contributed by atoms with van der Waals surface area (Å²) in [5.41, 5.74) is 5.47. The Labute approximate surface area is 179 Å². The summed E-state index contributed by atoms with van der Waals surface area (Å²) in [7, 11) is 0. The average molecular weight is 416 g/mol. The lowest BCUT2D eigenvalue weighted by Crippen LogP contribution is -2.41. The SMILES string of the molecule is O=C1C2C3c4ccccc4C(c4ccccc43)C2C(=O)N1OCc1ccc(Cl)cc1. The van der Waals surface area contributed by atoms with Gasteiger partial charge in [-0.2, -0.15) is 5.06 Å². The number of hydrogen-bond donors (Lipinski definition) is 0. The molecular weight excluding hydrogens is 398 g/mol. The quantitative estimate of drug-likeness (QED) is 0.584. The number of hydrogen-bond acceptors (Lipinski definition) is 3. The van der Waals surface area contributed by atoms with Crippen molar-refractivity contribution in [3.8, 4) is 0 Å². The van der Waals surface area contributed by atoms with Gasteiger partial charge in [0.05, 0.1) is 11.8 Å². The lowest BCUT2D eigenvalue weighted by molar-refractivity contribution is -0.193. The summed E-state index contributed by atoms with van der Waals surface area (Å²) < 4.78 is 0. The van der Waals surface area contributed by atoms with Crippen LogP contribution in [-0.4, -0.2) is 16.9 Å². The van der Waals surface area contributed by atoms with Crippen LogP contribution < -0.4 is 0 Å². The summed E-state index contributed by atoms with van der Waals surface area (Å²) in [6.07, 6.45) is 0. The molecule has 0 aromatic heterocycles. The molecular formula is C25H18ClNO3.